The van der Waals surface area contributed by atoms with E-state index in [4.69, 9.17) is 22.5 Å². The van der Waals surface area contributed by atoms with Crippen molar-refractivity contribution in [3.63, 3.8) is 0 Å². The smallest absolute Gasteiger partial charge is 0.213 e. The number of hydrogen-bond acceptors (Lipinski definition) is 5. The van der Waals surface area contributed by atoms with Crippen LogP contribution in [0.25, 0.3) is 0 Å². The van der Waals surface area contributed by atoms with E-state index >= 15 is 0 Å². The lowest BCUT2D eigenvalue weighted by atomic mass is 10.2. The average molecular weight is 284 g/mol. The third kappa shape index (κ3) is 2.74. The Labute approximate surface area is 112 Å². The number of halogens is 1. The normalized spacial score (nSPS) is 11.8. The molecule has 8 heteroatoms. The summed E-state index contributed by atoms with van der Waals surface area (Å²) in [5.41, 5.74) is 5.96. The molecule has 18 heavy (non-hydrogen) atoms. The molecule has 1 aromatic carbocycles. The van der Waals surface area contributed by atoms with Crippen molar-refractivity contribution in [2.24, 2.45) is 10.9 Å². The number of rotatable bonds is 3. The van der Waals surface area contributed by atoms with Crippen LogP contribution in [-0.4, -0.2) is 26.2 Å². The van der Waals surface area contributed by atoms with E-state index in [2.05, 4.69) is 20.3 Å². The summed E-state index contributed by atoms with van der Waals surface area (Å²) in [4.78, 5) is 5.04. The topological polar surface area (TPSA) is 100 Å². The molecule has 6 nitrogen and oxygen atoms in total. The van der Waals surface area contributed by atoms with Crippen molar-refractivity contribution < 1.29 is 5.21 Å². The first kappa shape index (κ1) is 12.7. The van der Waals surface area contributed by atoms with Gasteiger partial charge in [0.25, 0.3) is 0 Å². The Morgan fingerprint density at radius 1 is 1.56 bits per heavy atom. The van der Waals surface area contributed by atoms with Gasteiger partial charge in [0, 0.05) is 10.5 Å². The number of H-pyrrole nitrogens is 1. The van der Waals surface area contributed by atoms with Crippen LogP contribution in [-0.2, 0) is 0 Å². The Bertz CT molecular complexity index is 598. The largest absolute Gasteiger partial charge is 0.409 e. The highest BCUT2D eigenvalue weighted by Gasteiger charge is 2.08. The van der Waals surface area contributed by atoms with Crippen LogP contribution in [0.2, 0.25) is 5.02 Å². The monoisotopic (exact) mass is 283 g/mol. The van der Waals surface area contributed by atoms with E-state index < -0.39 is 0 Å². The minimum atomic E-state index is -0.0229. The highest BCUT2D eigenvalue weighted by molar-refractivity contribution is 7.99. The van der Waals surface area contributed by atoms with Gasteiger partial charge in [-0.15, -0.1) is 5.10 Å². The van der Waals surface area contributed by atoms with Crippen LogP contribution in [0.4, 0.5) is 0 Å². The van der Waals surface area contributed by atoms with Gasteiger partial charge in [0.15, 0.2) is 5.84 Å². The maximum atomic E-state index is 8.59. The fourth-order valence-corrected chi connectivity index (χ4v) is 2.43. The quantitative estimate of drug-likeness (QED) is 0.346. The van der Waals surface area contributed by atoms with Gasteiger partial charge in [0.2, 0.25) is 5.16 Å². The lowest BCUT2D eigenvalue weighted by molar-refractivity contribution is 0.318. The second kappa shape index (κ2) is 5.28. The van der Waals surface area contributed by atoms with E-state index in [1.165, 1.54) is 11.8 Å². The summed E-state index contributed by atoms with van der Waals surface area (Å²) in [6, 6.07) is 5.19. The Balaban J connectivity index is 2.24. The summed E-state index contributed by atoms with van der Waals surface area (Å²) in [6.07, 6.45) is 0. The highest BCUT2D eigenvalue weighted by Crippen LogP contribution is 2.28. The van der Waals surface area contributed by atoms with E-state index in [0.717, 1.165) is 10.7 Å². The standard InChI is InChI=1S/C10H10ClN5OS/c1-5-13-10(15-14-5)18-6-2-3-7(8(11)4-6)9(12)16-17/h2-4,17H,1H3,(H2,12,16)(H,13,14,15). The van der Waals surface area contributed by atoms with Crippen LogP contribution >= 0.6 is 23.4 Å². The molecule has 0 saturated carbocycles. The van der Waals surface area contributed by atoms with Gasteiger partial charge in [-0.25, -0.2) is 4.98 Å². The van der Waals surface area contributed by atoms with Crippen molar-refractivity contribution in [1.29, 1.82) is 0 Å². The first-order chi connectivity index (χ1) is 8.60. The number of nitrogens with two attached hydrogens (primary N) is 1. The molecule has 0 amide bonds. The Hall–Kier alpha value is -1.73. The van der Waals surface area contributed by atoms with Crippen molar-refractivity contribution in [3.05, 3.63) is 34.6 Å². The maximum Gasteiger partial charge on any atom is 0.213 e. The molecule has 0 atom stereocenters. The second-order valence-corrected chi connectivity index (χ2v) is 4.88. The average Bonchev–Trinajstić information content (AvgIpc) is 2.74. The molecule has 0 saturated heterocycles. The third-order valence-corrected chi connectivity index (χ3v) is 3.28. The SMILES string of the molecule is Cc1nc(Sc2ccc(C(N)=NO)c(Cl)c2)n[nH]1. The molecule has 0 radical (unpaired) electrons. The molecular weight excluding hydrogens is 274 g/mol. The van der Waals surface area contributed by atoms with Crippen LogP contribution in [0.5, 0.6) is 0 Å². The minimum Gasteiger partial charge on any atom is -0.409 e. The molecule has 94 valence electrons. The number of aromatic nitrogens is 3. The summed E-state index contributed by atoms with van der Waals surface area (Å²) in [6.45, 7) is 1.82. The lowest BCUT2D eigenvalue weighted by Crippen LogP contribution is -2.13. The van der Waals surface area contributed by atoms with Gasteiger partial charge in [-0.1, -0.05) is 16.8 Å². The van der Waals surface area contributed by atoms with Crippen molar-refractivity contribution in [3.8, 4) is 0 Å². The summed E-state index contributed by atoms with van der Waals surface area (Å²) < 4.78 is 0. The third-order valence-electron chi connectivity index (χ3n) is 2.11. The number of aryl methyl sites for hydroxylation is 1. The van der Waals surface area contributed by atoms with Gasteiger partial charge in [0.05, 0.1) is 5.02 Å². The van der Waals surface area contributed by atoms with Crippen LogP contribution < -0.4 is 5.73 Å². The molecule has 0 fully saturated rings. The zero-order valence-corrected chi connectivity index (χ0v) is 11.0. The zero-order valence-electron chi connectivity index (χ0n) is 9.38. The van der Waals surface area contributed by atoms with Crippen LogP contribution in [0, 0.1) is 6.92 Å². The Kier molecular flexibility index (Phi) is 3.73. The van der Waals surface area contributed by atoms with Crippen LogP contribution in [0.15, 0.2) is 33.4 Å². The van der Waals surface area contributed by atoms with Gasteiger partial charge in [0.1, 0.15) is 5.82 Å². The minimum absolute atomic E-state index is 0.0229. The summed E-state index contributed by atoms with van der Waals surface area (Å²) in [5, 5.41) is 19.3. The molecule has 0 aliphatic heterocycles. The molecule has 4 N–H and O–H groups in total. The number of oxime groups is 1. The second-order valence-electron chi connectivity index (χ2n) is 3.43. The maximum absolute atomic E-state index is 8.59. The van der Waals surface area contributed by atoms with Crippen LogP contribution in [0.1, 0.15) is 11.4 Å². The molecule has 2 aromatic rings. The van der Waals surface area contributed by atoms with Gasteiger partial charge in [-0.2, -0.15) is 0 Å². The van der Waals surface area contributed by atoms with Gasteiger partial charge in [-0.3, -0.25) is 5.10 Å². The molecule has 0 aliphatic rings. The van der Waals surface area contributed by atoms with Crippen molar-refractivity contribution in [2.45, 2.75) is 17.0 Å². The fraction of sp³-hybridized carbons (Fsp3) is 0.100. The van der Waals surface area contributed by atoms with E-state index in [1.54, 1.807) is 18.2 Å². The zero-order chi connectivity index (χ0) is 13.1. The first-order valence-corrected chi connectivity index (χ1v) is 6.14. The fourth-order valence-electron chi connectivity index (χ4n) is 1.29. The summed E-state index contributed by atoms with van der Waals surface area (Å²) in [7, 11) is 0. The first-order valence-electron chi connectivity index (χ1n) is 4.94. The predicted octanol–water partition coefficient (Wildman–Crippen LogP) is 2.01. The molecule has 2 rings (SSSR count). The van der Waals surface area contributed by atoms with Crippen molar-refractivity contribution >= 4 is 29.2 Å². The van der Waals surface area contributed by atoms with Gasteiger partial charge >= 0.3 is 0 Å². The van der Waals surface area contributed by atoms with Gasteiger partial charge in [-0.05, 0) is 36.9 Å². The molecule has 0 unspecified atom stereocenters. The molecule has 1 heterocycles. The van der Waals surface area contributed by atoms with Crippen molar-refractivity contribution in [2.75, 3.05) is 0 Å². The summed E-state index contributed by atoms with van der Waals surface area (Å²) >= 11 is 7.41. The number of hydrogen-bond donors (Lipinski definition) is 3. The molecule has 0 bridgehead atoms. The lowest BCUT2D eigenvalue weighted by Gasteiger charge is -2.04. The highest BCUT2D eigenvalue weighted by atomic mass is 35.5. The van der Waals surface area contributed by atoms with E-state index in [9.17, 15) is 0 Å². The number of nitrogens with one attached hydrogen (secondary N) is 1. The molecular formula is C10H10ClN5OS. The van der Waals surface area contributed by atoms with Gasteiger partial charge < -0.3 is 10.9 Å². The number of amidine groups is 1. The Morgan fingerprint density at radius 3 is 2.89 bits per heavy atom. The van der Waals surface area contributed by atoms with Crippen molar-refractivity contribution in [1.82, 2.24) is 15.2 Å². The van der Waals surface area contributed by atoms with Crippen LogP contribution in [0.3, 0.4) is 0 Å². The molecule has 0 aliphatic carbocycles. The molecule has 0 spiro atoms. The predicted molar refractivity (Wildman–Crippen MR) is 69.2 cm³/mol. The van der Waals surface area contributed by atoms with E-state index in [1.807, 2.05) is 6.92 Å². The van der Waals surface area contributed by atoms with E-state index in [0.29, 0.717) is 15.7 Å². The number of benzene rings is 1. The van der Waals surface area contributed by atoms with E-state index in [-0.39, 0.29) is 5.84 Å². The Morgan fingerprint density at radius 2 is 2.33 bits per heavy atom. The number of nitrogens with zero attached hydrogens (tertiary/aromatic N) is 3. The molecule has 1 aromatic heterocycles. The number of aromatic amines is 1. The summed E-state index contributed by atoms with van der Waals surface area (Å²) in [5.74, 6) is 0.724.